The summed E-state index contributed by atoms with van der Waals surface area (Å²) in [7, 11) is -8.72. The molecule has 10 nitrogen and oxygen atoms in total. The summed E-state index contributed by atoms with van der Waals surface area (Å²) in [5, 5.41) is 21.0. The van der Waals surface area contributed by atoms with Gasteiger partial charge < -0.3 is 19.8 Å². The molecular weight excluding hydrogens is 727 g/mol. The van der Waals surface area contributed by atoms with Gasteiger partial charge in [-0.15, -0.1) is 0 Å². The summed E-state index contributed by atoms with van der Waals surface area (Å²) in [6.45, 7) is 6.66. The maximum Gasteiger partial charge on any atom is 1.00 e. The van der Waals surface area contributed by atoms with Crippen LogP contribution in [0.1, 0.15) is 175 Å². The van der Waals surface area contributed by atoms with Crippen LogP contribution in [0.2, 0.25) is 0 Å². The van der Waals surface area contributed by atoms with Gasteiger partial charge in [-0.05, 0) is 31.4 Å². The molecule has 0 saturated carbocycles. The van der Waals surface area contributed by atoms with Crippen LogP contribution in [0.4, 0.5) is 0 Å². The summed E-state index contributed by atoms with van der Waals surface area (Å²) in [4.78, 5) is 23.7. The third kappa shape index (κ3) is 25.9. The standard InChI is InChI=1S/C20H38O7S.C18H30O3S.2Na/c1-3-5-7-9-11-13-15-20(19(23)24,16-14-12-10-8-6-4-2)17(18(21)22)28(25,26)27;1-2-3-4-5-6-7-8-9-10-14-17-21-22(19,20)18-15-12-11-13-16-18;;/h17H,3-16H2,1-2H3,(H,21,22)(H,23,24)(H,25,26,27);11-13,15-16H,2-10,14,17H2,1H3;;/q;;2*+1/p-2. The Hall–Kier alpha value is -0.0200. The molecule has 292 valence electrons. The monoisotopic (exact) mass is 792 g/mol. The molecule has 1 aromatic rings. The third-order valence-electron chi connectivity index (χ3n) is 9.14. The van der Waals surface area contributed by atoms with Gasteiger partial charge in [0.05, 0.1) is 17.5 Å². The Balaban J connectivity index is -0.000000911. The molecule has 52 heavy (non-hydrogen) atoms. The molecule has 0 radical (unpaired) electrons. The number of hydrogen-bond donors (Lipinski definition) is 1. The summed E-state index contributed by atoms with van der Waals surface area (Å²) in [6, 6.07) is 8.33. The Morgan fingerprint density at radius 1 is 0.615 bits per heavy atom. The molecule has 0 aliphatic carbocycles. The molecule has 0 spiro atoms. The molecule has 0 fully saturated rings. The molecule has 0 aromatic heterocycles. The number of carboxylic acids is 2. The van der Waals surface area contributed by atoms with E-state index < -0.39 is 42.8 Å². The molecule has 14 heteroatoms. The second-order valence-electron chi connectivity index (χ2n) is 13.5. The quantitative estimate of drug-likeness (QED) is 0.0503. The summed E-state index contributed by atoms with van der Waals surface area (Å²) < 4.78 is 61.7. The number of carbonyl (C=O) groups is 2. The average molecular weight is 793 g/mol. The number of carboxylic acid groups (broad SMARTS) is 2. The molecule has 0 bridgehead atoms. The van der Waals surface area contributed by atoms with E-state index in [4.69, 9.17) is 4.18 Å². The summed E-state index contributed by atoms with van der Waals surface area (Å²) >= 11 is 0. The third-order valence-corrected chi connectivity index (χ3v) is 11.7. The van der Waals surface area contributed by atoms with Crippen LogP contribution in [0.25, 0.3) is 0 Å². The Morgan fingerprint density at radius 2 is 0.962 bits per heavy atom. The first-order chi connectivity index (χ1) is 23.8. The second-order valence-corrected chi connectivity index (χ2v) is 16.6. The van der Waals surface area contributed by atoms with E-state index in [0.717, 1.165) is 64.2 Å². The van der Waals surface area contributed by atoms with Gasteiger partial charge in [-0.25, -0.2) is 0 Å². The molecule has 0 aliphatic heterocycles. The molecule has 1 aromatic carbocycles. The zero-order valence-electron chi connectivity index (χ0n) is 33.1. The van der Waals surface area contributed by atoms with Gasteiger partial charge in [-0.2, -0.15) is 16.8 Å². The topological polar surface area (TPSA) is 178 Å². The van der Waals surface area contributed by atoms with Crippen molar-refractivity contribution in [1.29, 1.82) is 0 Å². The van der Waals surface area contributed by atoms with E-state index >= 15 is 0 Å². The minimum atomic E-state index is -5.15. The van der Waals surface area contributed by atoms with Crippen LogP contribution < -0.4 is 69.3 Å². The SMILES string of the molecule is CCCCCCCCC(CCCCCCCC)(C(=O)[O-])C(C(=O)[O-])S(=O)(=O)O.CCCCCCCCCCCCOS(=O)(=O)c1ccccc1.[Na+].[Na+]. The molecule has 1 unspecified atom stereocenters. The van der Waals surface area contributed by atoms with Crippen LogP contribution >= 0.6 is 0 Å². The van der Waals surface area contributed by atoms with Crippen molar-refractivity contribution in [2.45, 2.75) is 185 Å². The van der Waals surface area contributed by atoms with Crippen molar-refractivity contribution in [3.05, 3.63) is 30.3 Å². The van der Waals surface area contributed by atoms with Crippen molar-refractivity contribution < 1.29 is 104 Å². The van der Waals surface area contributed by atoms with Gasteiger partial charge in [0.1, 0.15) is 5.25 Å². The molecule has 0 heterocycles. The van der Waals surface area contributed by atoms with Crippen molar-refractivity contribution in [3.8, 4) is 0 Å². The van der Waals surface area contributed by atoms with Crippen molar-refractivity contribution >= 4 is 32.2 Å². The zero-order valence-corrected chi connectivity index (χ0v) is 38.7. The molecular formula is C38H66Na2O10S2. The predicted molar refractivity (Wildman–Crippen MR) is 195 cm³/mol. The second kappa shape index (κ2) is 34.2. The van der Waals surface area contributed by atoms with Gasteiger partial charge in [-0.3, -0.25) is 8.74 Å². The summed E-state index contributed by atoms with van der Waals surface area (Å²) in [5.74, 6) is -3.84. The number of carbonyl (C=O) groups excluding carboxylic acids is 2. The first kappa shape index (κ1) is 56.3. The largest absolute Gasteiger partial charge is 1.00 e. The first-order valence-electron chi connectivity index (χ1n) is 19.1. The number of hydrogen-bond acceptors (Lipinski definition) is 9. The zero-order chi connectivity index (χ0) is 37.7. The smallest absolute Gasteiger partial charge is 0.549 e. The van der Waals surface area contributed by atoms with Gasteiger partial charge in [0.2, 0.25) is 0 Å². The molecule has 0 amide bonds. The van der Waals surface area contributed by atoms with Gasteiger partial charge >= 0.3 is 59.1 Å². The van der Waals surface area contributed by atoms with E-state index in [9.17, 15) is 41.2 Å². The summed E-state index contributed by atoms with van der Waals surface area (Å²) in [5.41, 5.74) is -2.18. The van der Waals surface area contributed by atoms with E-state index in [1.807, 2.05) is 0 Å². The molecule has 1 rings (SSSR count). The fourth-order valence-corrected chi connectivity index (χ4v) is 8.29. The number of rotatable bonds is 31. The fourth-order valence-electron chi connectivity index (χ4n) is 6.19. The Morgan fingerprint density at radius 3 is 1.29 bits per heavy atom. The van der Waals surface area contributed by atoms with E-state index in [1.165, 1.54) is 51.4 Å². The molecule has 0 saturated heterocycles. The van der Waals surface area contributed by atoms with E-state index in [-0.39, 0.29) is 83.5 Å². The average Bonchev–Trinajstić information content (AvgIpc) is 3.06. The van der Waals surface area contributed by atoms with Crippen LogP contribution in [0, 0.1) is 5.41 Å². The Kier molecular flexibility index (Phi) is 37.1. The van der Waals surface area contributed by atoms with Crippen molar-refractivity contribution in [1.82, 2.24) is 0 Å². The van der Waals surface area contributed by atoms with Gasteiger partial charge in [-0.1, -0.05) is 174 Å². The van der Waals surface area contributed by atoms with Crippen LogP contribution in [-0.4, -0.2) is 45.2 Å². The Labute approximate surface area is 360 Å². The van der Waals surface area contributed by atoms with E-state index in [1.54, 1.807) is 30.3 Å². The fraction of sp³-hybridized carbons (Fsp3) is 0.789. The van der Waals surface area contributed by atoms with Gasteiger partial charge in [0, 0.05) is 11.4 Å². The normalized spacial score (nSPS) is 12.2. The summed E-state index contributed by atoms with van der Waals surface area (Å²) in [6.07, 6.45) is 21.8. The minimum absolute atomic E-state index is 0. The van der Waals surface area contributed by atoms with Crippen LogP contribution in [0.5, 0.6) is 0 Å². The van der Waals surface area contributed by atoms with E-state index in [2.05, 4.69) is 20.8 Å². The number of aliphatic carboxylic acids is 2. The Bertz CT molecular complexity index is 1210. The van der Waals surface area contributed by atoms with E-state index in [0.29, 0.717) is 25.7 Å². The first-order valence-corrected chi connectivity index (χ1v) is 22.0. The predicted octanol–water partition coefficient (Wildman–Crippen LogP) is 1.55. The maximum absolute atomic E-state index is 12.0. The number of benzene rings is 1. The van der Waals surface area contributed by atoms with Crippen molar-refractivity contribution in [2.24, 2.45) is 5.41 Å². The van der Waals surface area contributed by atoms with Crippen molar-refractivity contribution in [3.63, 3.8) is 0 Å². The van der Waals surface area contributed by atoms with Crippen molar-refractivity contribution in [2.75, 3.05) is 6.61 Å². The van der Waals surface area contributed by atoms with Gasteiger partial charge in [0.15, 0.2) is 0 Å². The van der Waals surface area contributed by atoms with Gasteiger partial charge in [0.25, 0.3) is 20.2 Å². The van der Waals surface area contributed by atoms with Crippen LogP contribution in [-0.2, 0) is 34.0 Å². The molecule has 1 N–H and O–H groups in total. The minimum Gasteiger partial charge on any atom is -0.549 e. The van der Waals surface area contributed by atoms with Crippen LogP contribution in [0.3, 0.4) is 0 Å². The molecule has 1 atom stereocenters. The number of unbranched alkanes of at least 4 members (excludes halogenated alkanes) is 19. The molecule has 0 aliphatic rings. The maximum atomic E-state index is 12.0. The van der Waals surface area contributed by atoms with Crippen LogP contribution in [0.15, 0.2) is 35.2 Å².